The van der Waals surface area contributed by atoms with Gasteiger partial charge in [-0.15, -0.1) is 0 Å². The largest absolute Gasteiger partial charge is 0.497 e. The van der Waals surface area contributed by atoms with Crippen molar-refractivity contribution >= 4 is 5.91 Å². The van der Waals surface area contributed by atoms with Crippen LogP contribution in [-0.2, 0) is 12.0 Å². The molecule has 6 nitrogen and oxygen atoms in total. The number of rotatable bonds is 8. The zero-order valence-electron chi connectivity index (χ0n) is 18.2. The molecule has 1 saturated heterocycles. The molecule has 30 heavy (non-hydrogen) atoms. The fourth-order valence-corrected chi connectivity index (χ4v) is 4.34. The number of aliphatic hydroxyl groups is 1. The van der Waals surface area contributed by atoms with Crippen LogP contribution in [0.4, 0.5) is 0 Å². The average molecular weight is 412 g/mol. The Bertz CT molecular complexity index is 853. The minimum atomic E-state index is -0.980. The van der Waals surface area contributed by atoms with Gasteiger partial charge >= 0.3 is 0 Å². The molecule has 0 unspecified atom stereocenters. The molecule has 1 fully saturated rings. The molecule has 3 rings (SSSR count). The SMILES string of the molecule is COc1ccc(CCN2CC[C@](O)(c3cccc(C(N)=O)c3)[C@@H](CN(C)C)C2)cc1. The van der Waals surface area contributed by atoms with E-state index in [4.69, 9.17) is 10.5 Å². The summed E-state index contributed by atoms with van der Waals surface area (Å²) in [5.74, 6) is 0.424. The number of nitrogens with zero attached hydrogens (tertiary/aromatic N) is 2. The Labute approximate surface area is 179 Å². The van der Waals surface area contributed by atoms with E-state index >= 15 is 0 Å². The van der Waals surface area contributed by atoms with Crippen molar-refractivity contribution in [3.05, 3.63) is 65.2 Å². The summed E-state index contributed by atoms with van der Waals surface area (Å²) in [6, 6.07) is 15.3. The first kappa shape index (κ1) is 22.3. The quantitative estimate of drug-likeness (QED) is 0.696. The smallest absolute Gasteiger partial charge is 0.248 e. The molecule has 1 amide bonds. The number of likely N-dealkylation sites (tertiary alicyclic amines) is 1. The van der Waals surface area contributed by atoms with E-state index in [0.29, 0.717) is 12.0 Å². The number of hydrogen-bond acceptors (Lipinski definition) is 5. The third-order valence-corrected chi connectivity index (χ3v) is 6.07. The minimum absolute atomic E-state index is 0.0280. The van der Waals surface area contributed by atoms with Crippen LogP contribution in [0.25, 0.3) is 0 Å². The minimum Gasteiger partial charge on any atom is -0.497 e. The van der Waals surface area contributed by atoms with Gasteiger partial charge in [0.2, 0.25) is 5.91 Å². The van der Waals surface area contributed by atoms with Gasteiger partial charge in [0.05, 0.1) is 12.7 Å². The average Bonchev–Trinajstić information content (AvgIpc) is 2.74. The van der Waals surface area contributed by atoms with Crippen LogP contribution in [0.3, 0.4) is 0 Å². The molecule has 2 aromatic carbocycles. The molecule has 162 valence electrons. The Morgan fingerprint density at radius 3 is 2.63 bits per heavy atom. The van der Waals surface area contributed by atoms with E-state index in [1.54, 1.807) is 25.3 Å². The Hall–Kier alpha value is -2.41. The van der Waals surface area contributed by atoms with Crippen LogP contribution in [0.2, 0.25) is 0 Å². The van der Waals surface area contributed by atoms with Crippen LogP contribution in [0, 0.1) is 5.92 Å². The van der Waals surface area contributed by atoms with Crippen molar-refractivity contribution < 1.29 is 14.6 Å². The van der Waals surface area contributed by atoms with Crippen molar-refractivity contribution in [3.8, 4) is 5.75 Å². The van der Waals surface area contributed by atoms with E-state index in [1.165, 1.54) is 5.56 Å². The second-order valence-corrected chi connectivity index (χ2v) is 8.48. The molecule has 1 heterocycles. The first-order chi connectivity index (χ1) is 14.3. The molecule has 1 aliphatic rings. The summed E-state index contributed by atoms with van der Waals surface area (Å²) in [7, 11) is 5.72. The molecule has 0 bridgehead atoms. The normalized spacial score (nSPS) is 22.2. The first-order valence-corrected chi connectivity index (χ1v) is 10.4. The van der Waals surface area contributed by atoms with Crippen molar-refractivity contribution in [1.29, 1.82) is 0 Å². The van der Waals surface area contributed by atoms with E-state index in [1.807, 2.05) is 32.3 Å². The highest BCUT2D eigenvalue weighted by molar-refractivity contribution is 5.92. The highest BCUT2D eigenvalue weighted by Crippen LogP contribution is 2.38. The van der Waals surface area contributed by atoms with Gasteiger partial charge in [-0.1, -0.05) is 24.3 Å². The fraction of sp³-hybridized carbons (Fsp3) is 0.458. The molecule has 6 heteroatoms. The lowest BCUT2D eigenvalue weighted by atomic mass is 9.75. The van der Waals surface area contributed by atoms with Gasteiger partial charge in [0, 0.05) is 37.7 Å². The second kappa shape index (κ2) is 9.60. The maximum atomic E-state index is 11.7. The van der Waals surface area contributed by atoms with Crippen molar-refractivity contribution in [2.75, 3.05) is 47.4 Å². The Kier molecular flexibility index (Phi) is 7.13. The summed E-state index contributed by atoms with van der Waals surface area (Å²) in [5.41, 5.74) is 6.97. The number of hydrogen-bond donors (Lipinski definition) is 2. The maximum Gasteiger partial charge on any atom is 0.248 e. The Balaban J connectivity index is 1.73. The number of methoxy groups -OCH3 is 1. The maximum absolute atomic E-state index is 11.7. The number of amides is 1. The lowest BCUT2D eigenvalue weighted by Crippen LogP contribution is -2.53. The molecule has 0 saturated carbocycles. The fourth-order valence-electron chi connectivity index (χ4n) is 4.34. The lowest BCUT2D eigenvalue weighted by molar-refractivity contribution is -0.0843. The highest BCUT2D eigenvalue weighted by atomic mass is 16.5. The van der Waals surface area contributed by atoms with Crippen molar-refractivity contribution in [3.63, 3.8) is 0 Å². The summed E-state index contributed by atoms with van der Waals surface area (Å²) in [6.45, 7) is 3.30. The molecule has 0 aromatic heterocycles. The van der Waals surface area contributed by atoms with Crippen LogP contribution in [-0.4, -0.2) is 68.2 Å². The standard InChI is InChI=1S/C24H33N3O3/c1-26(2)16-21-17-27(13-11-18-7-9-22(30-3)10-8-18)14-12-24(21,29)20-6-4-5-19(15-20)23(25)28/h4-10,15,21,29H,11-14,16-17H2,1-3H3,(H2,25,28)/t21-,24-/m0/s1. The number of ether oxygens (including phenoxy) is 1. The van der Waals surface area contributed by atoms with Gasteiger partial charge in [-0.25, -0.2) is 0 Å². The topological polar surface area (TPSA) is 79.0 Å². The summed E-state index contributed by atoms with van der Waals surface area (Å²) in [5, 5.41) is 11.7. The van der Waals surface area contributed by atoms with Gasteiger partial charge in [0.15, 0.2) is 0 Å². The van der Waals surface area contributed by atoms with Crippen molar-refractivity contribution in [1.82, 2.24) is 9.80 Å². The van der Waals surface area contributed by atoms with Gasteiger partial charge in [-0.2, -0.15) is 0 Å². The predicted octanol–water partition coefficient (Wildman–Crippen LogP) is 2.11. The molecule has 0 radical (unpaired) electrons. The summed E-state index contributed by atoms with van der Waals surface area (Å²) in [4.78, 5) is 16.2. The van der Waals surface area contributed by atoms with Gasteiger partial charge in [0.1, 0.15) is 5.75 Å². The summed E-state index contributed by atoms with van der Waals surface area (Å²) < 4.78 is 5.23. The zero-order chi connectivity index (χ0) is 21.7. The van der Waals surface area contributed by atoms with E-state index in [-0.39, 0.29) is 5.92 Å². The molecule has 0 aliphatic carbocycles. The van der Waals surface area contributed by atoms with E-state index in [2.05, 4.69) is 21.9 Å². The van der Waals surface area contributed by atoms with Gasteiger partial charge in [0.25, 0.3) is 0 Å². The molecule has 2 atom stereocenters. The number of piperidine rings is 1. The molecule has 3 N–H and O–H groups in total. The van der Waals surface area contributed by atoms with E-state index in [9.17, 15) is 9.90 Å². The molecule has 0 spiro atoms. The van der Waals surface area contributed by atoms with Crippen LogP contribution in [0.1, 0.15) is 27.9 Å². The third-order valence-electron chi connectivity index (χ3n) is 6.07. The van der Waals surface area contributed by atoms with Crippen molar-refractivity contribution in [2.24, 2.45) is 11.7 Å². The molecular formula is C24H33N3O3. The number of benzene rings is 2. The van der Waals surface area contributed by atoms with E-state index in [0.717, 1.165) is 43.9 Å². The van der Waals surface area contributed by atoms with Gasteiger partial charge < -0.3 is 25.4 Å². The number of carbonyl (C=O) groups excluding carboxylic acids is 1. The van der Waals surface area contributed by atoms with Crippen molar-refractivity contribution in [2.45, 2.75) is 18.4 Å². The number of primary amides is 1. The van der Waals surface area contributed by atoms with Gasteiger partial charge in [-0.05, 0) is 62.3 Å². The predicted molar refractivity (Wildman–Crippen MR) is 119 cm³/mol. The van der Waals surface area contributed by atoms with Gasteiger partial charge in [-0.3, -0.25) is 4.79 Å². The third kappa shape index (κ3) is 5.19. The van der Waals surface area contributed by atoms with Crippen LogP contribution >= 0.6 is 0 Å². The van der Waals surface area contributed by atoms with Crippen LogP contribution in [0.5, 0.6) is 5.75 Å². The Morgan fingerprint density at radius 2 is 2.00 bits per heavy atom. The van der Waals surface area contributed by atoms with Crippen LogP contribution in [0.15, 0.2) is 48.5 Å². The molecular weight excluding hydrogens is 378 g/mol. The molecule has 2 aromatic rings. The molecule has 1 aliphatic heterocycles. The Morgan fingerprint density at radius 1 is 1.27 bits per heavy atom. The van der Waals surface area contributed by atoms with E-state index < -0.39 is 11.5 Å². The monoisotopic (exact) mass is 411 g/mol. The first-order valence-electron chi connectivity index (χ1n) is 10.4. The summed E-state index contributed by atoms with van der Waals surface area (Å²) in [6.07, 6.45) is 1.57. The summed E-state index contributed by atoms with van der Waals surface area (Å²) >= 11 is 0. The number of nitrogens with two attached hydrogens (primary N) is 1. The number of carbonyl (C=O) groups is 1. The second-order valence-electron chi connectivity index (χ2n) is 8.48. The zero-order valence-corrected chi connectivity index (χ0v) is 18.2. The van der Waals surface area contributed by atoms with Crippen LogP contribution < -0.4 is 10.5 Å². The highest BCUT2D eigenvalue weighted by Gasteiger charge is 2.43. The lowest BCUT2D eigenvalue weighted by Gasteiger charge is -2.46.